The lowest BCUT2D eigenvalue weighted by Crippen LogP contribution is -2.40. The second-order valence-electron chi connectivity index (χ2n) is 3.87. The van der Waals surface area contributed by atoms with Gasteiger partial charge in [-0.1, -0.05) is 18.2 Å². The molecule has 0 spiro atoms. The molecule has 1 aromatic rings. The summed E-state index contributed by atoms with van der Waals surface area (Å²) in [5.74, 6) is 0.902. The standard InChI is InChI=1S/C12H17NO2/c1-9-8-15-12(7-13-9)10-5-3-4-6-11(10)14-2/h3-6,9,12-13H,7-8H2,1-2H3. The van der Waals surface area contributed by atoms with Gasteiger partial charge in [0.2, 0.25) is 0 Å². The molecule has 15 heavy (non-hydrogen) atoms. The van der Waals surface area contributed by atoms with Crippen LogP contribution in [-0.4, -0.2) is 26.3 Å². The molecule has 2 atom stereocenters. The first-order chi connectivity index (χ1) is 7.31. The van der Waals surface area contributed by atoms with E-state index in [0.717, 1.165) is 24.5 Å². The van der Waals surface area contributed by atoms with Crippen molar-refractivity contribution in [2.45, 2.75) is 19.1 Å². The van der Waals surface area contributed by atoms with E-state index in [-0.39, 0.29) is 6.10 Å². The lowest BCUT2D eigenvalue weighted by Gasteiger charge is -2.29. The van der Waals surface area contributed by atoms with Crippen molar-refractivity contribution in [2.24, 2.45) is 0 Å². The number of morpholine rings is 1. The first-order valence-corrected chi connectivity index (χ1v) is 5.29. The molecular weight excluding hydrogens is 190 g/mol. The number of para-hydroxylation sites is 1. The number of methoxy groups -OCH3 is 1. The Morgan fingerprint density at radius 1 is 1.40 bits per heavy atom. The molecule has 3 heteroatoms. The first-order valence-electron chi connectivity index (χ1n) is 5.29. The fraction of sp³-hybridized carbons (Fsp3) is 0.500. The van der Waals surface area contributed by atoms with Crippen molar-refractivity contribution >= 4 is 0 Å². The summed E-state index contributed by atoms with van der Waals surface area (Å²) in [6.45, 7) is 3.72. The second kappa shape index (κ2) is 4.64. The monoisotopic (exact) mass is 207 g/mol. The zero-order valence-corrected chi connectivity index (χ0v) is 9.19. The number of nitrogens with one attached hydrogen (secondary N) is 1. The Hall–Kier alpha value is -1.06. The van der Waals surface area contributed by atoms with Crippen LogP contribution in [0, 0.1) is 0 Å². The highest BCUT2D eigenvalue weighted by Gasteiger charge is 2.21. The lowest BCUT2D eigenvalue weighted by molar-refractivity contribution is 0.00573. The third kappa shape index (κ3) is 2.30. The van der Waals surface area contributed by atoms with Crippen LogP contribution in [0.2, 0.25) is 0 Å². The number of ether oxygens (including phenoxy) is 2. The van der Waals surface area contributed by atoms with Crippen LogP contribution >= 0.6 is 0 Å². The maximum atomic E-state index is 5.78. The fourth-order valence-electron chi connectivity index (χ4n) is 1.82. The van der Waals surface area contributed by atoms with Gasteiger partial charge in [-0.2, -0.15) is 0 Å². The van der Waals surface area contributed by atoms with Crippen LogP contribution in [0.25, 0.3) is 0 Å². The average Bonchev–Trinajstić information content (AvgIpc) is 2.30. The predicted molar refractivity (Wildman–Crippen MR) is 59.2 cm³/mol. The highest BCUT2D eigenvalue weighted by atomic mass is 16.5. The highest BCUT2D eigenvalue weighted by molar-refractivity contribution is 5.35. The largest absolute Gasteiger partial charge is 0.496 e. The molecule has 1 N–H and O–H groups in total. The number of hydrogen-bond donors (Lipinski definition) is 1. The Balaban J connectivity index is 2.15. The maximum absolute atomic E-state index is 5.78. The van der Waals surface area contributed by atoms with E-state index in [0.29, 0.717) is 6.04 Å². The van der Waals surface area contributed by atoms with Gasteiger partial charge >= 0.3 is 0 Å². The maximum Gasteiger partial charge on any atom is 0.124 e. The molecule has 82 valence electrons. The molecule has 2 unspecified atom stereocenters. The molecule has 0 bridgehead atoms. The van der Waals surface area contributed by atoms with Gasteiger partial charge in [-0.15, -0.1) is 0 Å². The van der Waals surface area contributed by atoms with Gasteiger partial charge in [0.15, 0.2) is 0 Å². The van der Waals surface area contributed by atoms with E-state index in [2.05, 4.69) is 18.3 Å². The third-order valence-electron chi connectivity index (χ3n) is 2.68. The van der Waals surface area contributed by atoms with Gasteiger partial charge in [0.05, 0.1) is 19.8 Å². The summed E-state index contributed by atoms with van der Waals surface area (Å²) in [7, 11) is 1.69. The molecular formula is C12H17NO2. The molecule has 0 amide bonds. The predicted octanol–water partition coefficient (Wildman–Crippen LogP) is 1.74. The molecule has 0 aromatic heterocycles. The summed E-state index contributed by atoms with van der Waals surface area (Å²) in [5, 5.41) is 3.40. The molecule has 1 fully saturated rings. The van der Waals surface area contributed by atoms with Crippen molar-refractivity contribution in [3.8, 4) is 5.75 Å². The number of rotatable bonds is 2. The molecule has 1 aromatic carbocycles. The SMILES string of the molecule is COc1ccccc1C1CNC(C)CO1. The van der Waals surface area contributed by atoms with E-state index in [1.807, 2.05) is 18.2 Å². The van der Waals surface area contributed by atoms with Crippen LogP contribution < -0.4 is 10.1 Å². The minimum atomic E-state index is 0.109. The molecule has 2 rings (SSSR count). The van der Waals surface area contributed by atoms with Crippen LogP contribution in [0.5, 0.6) is 5.75 Å². The summed E-state index contributed by atoms with van der Waals surface area (Å²) in [5.41, 5.74) is 1.12. The van der Waals surface area contributed by atoms with Crippen molar-refractivity contribution in [1.29, 1.82) is 0 Å². The van der Waals surface area contributed by atoms with Crippen molar-refractivity contribution in [1.82, 2.24) is 5.32 Å². The van der Waals surface area contributed by atoms with Gasteiger partial charge in [0.25, 0.3) is 0 Å². The van der Waals surface area contributed by atoms with Crippen molar-refractivity contribution < 1.29 is 9.47 Å². The third-order valence-corrected chi connectivity index (χ3v) is 2.68. The zero-order valence-electron chi connectivity index (χ0n) is 9.19. The van der Waals surface area contributed by atoms with E-state index in [4.69, 9.17) is 9.47 Å². The summed E-state index contributed by atoms with van der Waals surface area (Å²) in [4.78, 5) is 0. The molecule has 1 aliphatic rings. The van der Waals surface area contributed by atoms with Gasteiger partial charge in [-0.05, 0) is 13.0 Å². The van der Waals surface area contributed by atoms with Gasteiger partial charge in [-0.3, -0.25) is 0 Å². The van der Waals surface area contributed by atoms with Crippen LogP contribution in [-0.2, 0) is 4.74 Å². The molecule has 1 aliphatic heterocycles. The molecule has 0 radical (unpaired) electrons. The summed E-state index contributed by atoms with van der Waals surface area (Å²) >= 11 is 0. The van der Waals surface area contributed by atoms with Crippen LogP contribution in [0.15, 0.2) is 24.3 Å². The van der Waals surface area contributed by atoms with Gasteiger partial charge < -0.3 is 14.8 Å². The van der Waals surface area contributed by atoms with Gasteiger partial charge in [0.1, 0.15) is 5.75 Å². The number of benzene rings is 1. The summed E-state index contributed by atoms with van der Waals surface area (Å²) < 4.78 is 11.1. The molecule has 0 aliphatic carbocycles. The fourth-order valence-corrected chi connectivity index (χ4v) is 1.82. The number of hydrogen-bond acceptors (Lipinski definition) is 3. The quantitative estimate of drug-likeness (QED) is 0.801. The Bertz CT molecular complexity index is 319. The topological polar surface area (TPSA) is 30.5 Å². The average molecular weight is 207 g/mol. The van der Waals surface area contributed by atoms with E-state index in [1.165, 1.54) is 0 Å². The summed E-state index contributed by atoms with van der Waals surface area (Å²) in [6.07, 6.45) is 0.109. The van der Waals surface area contributed by atoms with Crippen LogP contribution in [0.3, 0.4) is 0 Å². The molecule has 0 saturated carbocycles. The Labute approximate surface area is 90.4 Å². The van der Waals surface area contributed by atoms with Crippen molar-refractivity contribution in [2.75, 3.05) is 20.3 Å². The smallest absolute Gasteiger partial charge is 0.124 e. The molecule has 1 heterocycles. The Morgan fingerprint density at radius 3 is 2.87 bits per heavy atom. The lowest BCUT2D eigenvalue weighted by atomic mass is 10.1. The minimum Gasteiger partial charge on any atom is -0.496 e. The highest BCUT2D eigenvalue weighted by Crippen LogP contribution is 2.28. The second-order valence-corrected chi connectivity index (χ2v) is 3.87. The van der Waals surface area contributed by atoms with Crippen molar-refractivity contribution in [3.63, 3.8) is 0 Å². The van der Waals surface area contributed by atoms with Crippen LogP contribution in [0.1, 0.15) is 18.6 Å². The van der Waals surface area contributed by atoms with E-state index >= 15 is 0 Å². The van der Waals surface area contributed by atoms with E-state index in [1.54, 1.807) is 7.11 Å². The van der Waals surface area contributed by atoms with E-state index in [9.17, 15) is 0 Å². The Morgan fingerprint density at radius 2 is 2.20 bits per heavy atom. The van der Waals surface area contributed by atoms with Crippen molar-refractivity contribution in [3.05, 3.63) is 29.8 Å². The van der Waals surface area contributed by atoms with Gasteiger partial charge in [0, 0.05) is 18.2 Å². The van der Waals surface area contributed by atoms with Crippen LogP contribution in [0.4, 0.5) is 0 Å². The summed E-state index contributed by atoms with van der Waals surface area (Å²) in [6, 6.07) is 8.45. The molecule has 3 nitrogen and oxygen atoms in total. The van der Waals surface area contributed by atoms with Gasteiger partial charge in [-0.25, -0.2) is 0 Å². The minimum absolute atomic E-state index is 0.109. The normalized spacial score (nSPS) is 26.3. The first kappa shape index (κ1) is 10.5. The zero-order chi connectivity index (χ0) is 10.7. The van der Waals surface area contributed by atoms with E-state index < -0.39 is 0 Å². The molecule has 1 saturated heterocycles. The Kier molecular flexibility index (Phi) is 3.23.